The van der Waals surface area contributed by atoms with E-state index in [2.05, 4.69) is 55.6 Å². The van der Waals surface area contributed by atoms with Crippen LogP contribution in [0.15, 0.2) is 66.7 Å². The minimum atomic E-state index is -0.720. The van der Waals surface area contributed by atoms with Crippen LogP contribution < -0.4 is 61.4 Å². The van der Waals surface area contributed by atoms with Crippen LogP contribution >= 0.6 is 0 Å². The van der Waals surface area contributed by atoms with E-state index in [0.29, 0.717) is 6.61 Å². The van der Waals surface area contributed by atoms with Gasteiger partial charge in [0.2, 0.25) is 0 Å². The minimum Gasteiger partial charge on any atom is -0.501 e. The van der Waals surface area contributed by atoms with E-state index >= 15 is 0 Å². The summed E-state index contributed by atoms with van der Waals surface area (Å²) >= 11 is 0. The quantitative estimate of drug-likeness (QED) is 0.443. The Hall–Kier alpha value is -1.47. The van der Waals surface area contributed by atoms with Gasteiger partial charge in [0.15, 0.2) is 0 Å². The van der Waals surface area contributed by atoms with Crippen molar-refractivity contribution in [1.29, 1.82) is 0 Å². The largest absolute Gasteiger partial charge is 1.00 e. The fourth-order valence-electron chi connectivity index (χ4n) is 3.76. The molecule has 1 unspecified atom stereocenters. The molecular weight excluding hydrogens is 425 g/mol. The van der Waals surface area contributed by atoms with Crippen molar-refractivity contribution in [2.75, 3.05) is 6.54 Å². The summed E-state index contributed by atoms with van der Waals surface area (Å²) in [4.78, 5) is 10.1. The molecule has 1 fully saturated rings. The molecule has 0 radical (unpaired) electrons. The van der Waals surface area contributed by atoms with E-state index in [-0.39, 0.29) is 57.4 Å². The Bertz CT molecular complexity index is 968. The average Bonchev–Trinajstić information content (AvgIpc) is 3.35. The van der Waals surface area contributed by atoms with Crippen LogP contribution in [0.25, 0.3) is 11.1 Å². The summed E-state index contributed by atoms with van der Waals surface area (Å²) in [5.74, 6) is 0.172. The van der Waals surface area contributed by atoms with Crippen molar-refractivity contribution < 1.29 is 66.0 Å². The molecule has 0 aromatic heterocycles. The SMILES string of the molecule is CCc1c(C)cccc1-c1ccc(OCc2c[c-]ccc2)cc1.O=C(O)C1CCCN1.[K+]. The molecule has 5 heteroatoms. The maximum Gasteiger partial charge on any atom is 1.00 e. The second-order valence-electron chi connectivity index (χ2n) is 7.67. The molecule has 4 rings (SSSR count). The van der Waals surface area contributed by atoms with Gasteiger partial charge in [0, 0.05) is 0 Å². The zero-order valence-electron chi connectivity index (χ0n) is 19.2. The number of carbonyl (C=O) groups is 1. The minimum absolute atomic E-state index is 0. The fourth-order valence-corrected chi connectivity index (χ4v) is 3.76. The predicted octanol–water partition coefficient (Wildman–Crippen LogP) is 2.43. The molecule has 0 saturated carbocycles. The van der Waals surface area contributed by atoms with Crippen molar-refractivity contribution in [2.24, 2.45) is 0 Å². The van der Waals surface area contributed by atoms with Crippen LogP contribution in [0.1, 0.15) is 36.5 Å². The van der Waals surface area contributed by atoms with Crippen LogP contribution in [0.3, 0.4) is 0 Å². The van der Waals surface area contributed by atoms with Gasteiger partial charge in [-0.05, 0) is 67.1 Å². The zero-order valence-corrected chi connectivity index (χ0v) is 22.4. The van der Waals surface area contributed by atoms with Gasteiger partial charge < -0.3 is 15.2 Å². The molecule has 1 heterocycles. The van der Waals surface area contributed by atoms with Gasteiger partial charge in [0.25, 0.3) is 0 Å². The van der Waals surface area contributed by atoms with Crippen LogP contribution in [0, 0.1) is 13.0 Å². The molecule has 3 aromatic carbocycles. The van der Waals surface area contributed by atoms with E-state index in [0.717, 1.165) is 37.1 Å². The summed E-state index contributed by atoms with van der Waals surface area (Å²) in [6.45, 7) is 5.81. The van der Waals surface area contributed by atoms with Crippen LogP contribution in [-0.2, 0) is 17.8 Å². The number of hydrogen-bond acceptors (Lipinski definition) is 3. The molecule has 2 N–H and O–H groups in total. The Morgan fingerprint density at radius 1 is 1.16 bits per heavy atom. The second-order valence-corrected chi connectivity index (χ2v) is 7.67. The zero-order chi connectivity index (χ0) is 22.1. The summed E-state index contributed by atoms with van der Waals surface area (Å²) in [5, 5.41) is 11.2. The summed E-state index contributed by atoms with van der Waals surface area (Å²) < 4.78 is 5.84. The molecule has 32 heavy (non-hydrogen) atoms. The number of nitrogens with one attached hydrogen (secondary N) is 1. The van der Waals surface area contributed by atoms with E-state index in [4.69, 9.17) is 9.84 Å². The number of aryl methyl sites for hydroxylation is 1. The second kappa shape index (κ2) is 13.9. The maximum atomic E-state index is 10.1. The number of hydrogen-bond donors (Lipinski definition) is 2. The summed E-state index contributed by atoms with van der Waals surface area (Å²) in [7, 11) is 0. The van der Waals surface area contributed by atoms with Gasteiger partial charge in [-0.1, -0.05) is 37.3 Å². The Morgan fingerprint density at radius 3 is 2.50 bits per heavy atom. The Labute approximate surface area is 233 Å². The molecular formula is C27H30KNO3. The molecule has 0 aliphatic carbocycles. The predicted molar refractivity (Wildman–Crippen MR) is 124 cm³/mol. The Kier molecular flexibility index (Phi) is 11.7. The maximum absolute atomic E-state index is 10.1. The first-order valence-electron chi connectivity index (χ1n) is 10.8. The molecule has 3 aromatic rings. The van der Waals surface area contributed by atoms with Crippen LogP contribution in [-0.4, -0.2) is 23.7 Å². The Balaban J connectivity index is 0.000000342. The van der Waals surface area contributed by atoms with E-state index in [1.807, 2.05) is 36.4 Å². The van der Waals surface area contributed by atoms with E-state index in [1.54, 1.807) is 0 Å². The van der Waals surface area contributed by atoms with Crippen molar-refractivity contribution in [2.45, 2.75) is 45.8 Å². The van der Waals surface area contributed by atoms with Crippen LogP contribution in [0.5, 0.6) is 5.75 Å². The number of benzene rings is 3. The van der Waals surface area contributed by atoms with Gasteiger partial charge in [-0.25, -0.2) is 0 Å². The molecule has 0 bridgehead atoms. The normalized spacial score (nSPS) is 14.6. The van der Waals surface area contributed by atoms with Crippen molar-refractivity contribution in [3.05, 3.63) is 89.5 Å². The number of aliphatic carboxylic acids is 1. The number of carboxylic acids is 1. The molecule has 4 nitrogen and oxygen atoms in total. The van der Waals surface area contributed by atoms with Gasteiger partial charge in [-0.2, -0.15) is 30.3 Å². The van der Waals surface area contributed by atoms with Gasteiger partial charge >= 0.3 is 57.4 Å². The van der Waals surface area contributed by atoms with Gasteiger partial charge in [0.1, 0.15) is 11.8 Å². The average molecular weight is 456 g/mol. The van der Waals surface area contributed by atoms with Gasteiger partial charge in [-0.15, -0.1) is 5.56 Å². The first-order chi connectivity index (χ1) is 15.1. The molecule has 1 aliphatic heterocycles. The first-order valence-corrected chi connectivity index (χ1v) is 10.8. The monoisotopic (exact) mass is 455 g/mol. The van der Waals surface area contributed by atoms with Crippen molar-refractivity contribution in [1.82, 2.24) is 5.32 Å². The van der Waals surface area contributed by atoms with Crippen molar-refractivity contribution in [3.8, 4) is 16.9 Å². The van der Waals surface area contributed by atoms with Gasteiger partial charge in [-0.3, -0.25) is 4.79 Å². The fraction of sp³-hybridized carbons (Fsp3) is 0.296. The standard InChI is InChI=1S/C22H21O.C5H9NO2.K/c1-3-21-17(2)8-7-11-22(21)19-12-14-20(15-13-19)23-16-18-9-5-4-6-10-18;7-5(8)4-2-1-3-6-4;/h4-5,7-15H,3,16H2,1-2H3;4,6H,1-3H2,(H,7,8);/q-1;;+1. The molecule has 1 saturated heterocycles. The third-order valence-electron chi connectivity index (χ3n) is 5.46. The Morgan fingerprint density at radius 2 is 1.94 bits per heavy atom. The third-order valence-corrected chi connectivity index (χ3v) is 5.46. The summed E-state index contributed by atoms with van der Waals surface area (Å²) in [6, 6.07) is 25.5. The number of ether oxygens (including phenoxy) is 1. The number of rotatable bonds is 6. The third kappa shape index (κ3) is 7.83. The summed E-state index contributed by atoms with van der Waals surface area (Å²) in [5.41, 5.74) is 6.46. The molecule has 1 atom stereocenters. The van der Waals surface area contributed by atoms with Crippen LogP contribution in [0.2, 0.25) is 0 Å². The molecule has 1 aliphatic rings. The molecule has 0 amide bonds. The van der Waals surface area contributed by atoms with E-state index in [9.17, 15) is 4.79 Å². The smallest absolute Gasteiger partial charge is 0.501 e. The topological polar surface area (TPSA) is 58.6 Å². The van der Waals surface area contributed by atoms with Crippen molar-refractivity contribution in [3.63, 3.8) is 0 Å². The molecule has 162 valence electrons. The first kappa shape index (κ1) is 26.8. The van der Waals surface area contributed by atoms with E-state index < -0.39 is 5.97 Å². The summed E-state index contributed by atoms with van der Waals surface area (Å²) in [6.07, 6.45) is 2.83. The van der Waals surface area contributed by atoms with Gasteiger partial charge in [0.05, 0.1) is 6.61 Å². The number of carboxylic acid groups (broad SMARTS) is 1. The molecule has 0 spiro atoms. The van der Waals surface area contributed by atoms with Crippen molar-refractivity contribution >= 4 is 5.97 Å². The van der Waals surface area contributed by atoms with E-state index in [1.165, 1.54) is 22.3 Å². The van der Waals surface area contributed by atoms with Crippen LogP contribution in [0.4, 0.5) is 0 Å².